The summed E-state index contributed by atoms with van der Waals surface area (Å²) in [7, 11) is 0. The Hall–Kier alpha value is -1.30. The van der Waals surface area contributed by atoms with Gasteiger partial charge in [-0.25, -0.2) is 0 Å². The van der Waals surface area contributed by atoms with Crippen LogP contribution in [-0.4, -0.2) is 56.7 Å². The summed E-state index contributed by atoms with van der Waals surface area (Å²) in [5, 5.41) is 6.28. The van der Waals surface area contributed by atoms with Gasteiger partial charge in [-0.2, -0.15) is 0 Å². The van der Waals surface area contributed by atoms with Crippen molar-refractivity contribution in [2.45, 2.75) is 12.8 Å². The van der Waals surface area contributed by atoms with Gasteiger partial charge in [0.1, 0.15) is 5.75 Å². The van der Waals surface area contributed by atoms with Crippen molar-refractivity contribution in [3.8, 4) is 5.75 Å². The molecule has 5 nitrogen and oxygen atoms in total. The van der Waals surface area contributed by atoms with Crippen LogP contribution in [0.25, 0.3) is 0 Å². The fourth-order valence-corrected chi connectivity index (χ4v) is 2.33. The third kappa shape index (κ3) is 7.64. The van der Waals surface area contributed by atoms with E-state index in [0.29, 0.717) is 13.0 Å². The predicted octanol–water partition coefficient (Wildman–Crippen LogP) is 1.29. The maximum atomic E-state index is 11.7. The third-order valence-corrected chi connectivity index (χ3v) is 3.52. The quantitative estimate of drug-likeness (QED) is 0.706. The number of piperazine rings is 1. The summed E-state index contributed by atoms with van der Waals surface area (Å²) in [5.41, 5.74) is 0. The van der Waals surface area contributed by atoms with Crippen molar-refractivity contribution in [2.24, 2.45) is 0 Å². The highest BCUT2D eigenvalue weighted by atomic mass is 35.5. The van der Waals surface area contributed by atoms with E-state index in [4.69, 9.17) is 4.74 Å². The molecule has 0 aromatic heterocycles. The fraction of sp³-hybridized carbons (Fsp3) is 0.562. The average molecular weight is 328 g/mol. The molecule has 6 heteroatoms. The molecule has 1 aromatic rings. The van der Waals surface area contributed by atoms with Crippen LogP contribution in [0.15, 0.2) is 30.3 Å². The number of carbonyl (C=O) groups excluding carboxylic acids is 1. The van der Waals surface area contributed by atoms with Crippen LogP contribution in [0.4, 0.5) is 0 Å². The first-order chi connectivity index (χ1) is 10.3. The number of ether oxygens (including phenoxy) is 1. The summed E-state index contributed by atoms with van der Waals surface area (Å²) in [6.45, 7) is 6.59. The smallest absolute Gasteiger partial charge is 0.223 e. The van der Waals surface area contributed by atoms with Crippen molar-refractivity contribution in [3.63, 3.8) is 0 Å². The number of halogens is 1. The van der Waals surface area contributed by atoms with Crippen molar-refractivity contribution in [3.05, 3.63) is 30.3 Å². The Bertz CT molecular complexity index is 411. The van der Waals surface area contributed by atoms with E-state index in [-0.39, 0.29) is 18.3 Å². The Labute approximate surface area is 138 Å². The number of carbonyl (C=O) groups is 1. The number of hydrogen-bond donors (Lipinski definition) is 2. The molecule has 2 rings (SSSR count). The summed E-state index contributed by atoms with van der Waals surface area (Å²) in [6.07, 6.45) is 1.41. The minimum absolute atomic E-state index is 0. The van der Waals surface area contributed by atoms with E-state index in [1.807, 2.05) is 30.3 Å². The lowest BCUT2D eigenvalue weighted by Gasteiger charge is -2.27. The molecule has 0 atom stereocenters. The molecule has 1 heterocycles. The van der Waals surface area contributed by atoms with Crippen LogP contribution in [0.2, 0.25) is 0 Å². The van der Waals surface area contributed by atoms with Gasteiger partial charge in [-0.1, -0.05) is 18.2 Å². The molecule has 1 saturated heterocycles. The maximum Gasteiger partial charge on any atom is 0.223 e. The maximum absolute atomic E-state index is 11.7. The predicted molar refractivity (Wildman–Crippen MR) is 90.7 cm³/mol. The molecule has 2 N–H and O–H groups in total. The number of nitrogens with zero attached hydrogens (tertiary/aromatic N) is 1. The van der Waals surface area contributed by atoms with E-state index in [0.717, 1.165) is 51.4 Å². The molecule has 0 bridgehead atoms. The molecule has 1 fully saturated rings. The molecule has 0 saturated carbocycles. The largest absolute Gasteiger partial charge is 0.493 e. The van der Waals surface area contributed by atoms with E-state index < -0.39 is 0 Å². The highest BCUT2D eigenvalue weighted by Crippen LogP contribution is 2.08. The van der Waals surface area contributed by atoms with Gasteiger partial charge in [-0.3, -0.25) is 4.79 Å². The second-order valence-electron chi connectivity index (χ2n) is 5.21. The normalized spacial score (nSPS) is 14.9. The Morgan fingerprint density at radius 3 is 2.68 bits per heavy atom. The van der Waals surface area contributed by atoms with Gasteiger partial charge in [-0.05, 0) is 25.1 Å². The summed E-state index contributed by atoms with van der Waals surface area (Å²) < 4.78 is 5.50. The minimum atomic E-state index is 0. The second-order valence-corrected chi connectivity index (χ2v) is 5.21. The van der Waals surface area contributed by atoms with Crippen LogP contribution in [0.5, 0.6) is 5.75 Å². The topological polar surface area (TPSA) is 53.6 Å². The van der Waals surface area contributed by atoms with E-state index in [2.05, 4.69) is 15.5 Å². The lowest BCUT2D eigenvalue weighted by molar-refractivity contribution is -0.121. The lowest BCUT2D eigenvalue weighted by atomic mass is 10.3. The zero-order chi connectivity index (χ0) is 14.8. The summed E-state index contributed by atoms with van der Waals surface area (Å²) in [4.78, 5) is 14.1. The van der Waals surface area contributed by atoms with Crippen LogP contribution in [-0.2, 0) is 4.79 Å². The third-order valence-electron chi connectivity index (χ3n) is 3.52. The molecule has 0 unspecified atom stereocenters. The van der Waals surface area contributed by atoms with Crippen molar-refractivity contribution in [1.82, 2.24) is 15.5 Å². The molecule has 1 aromatic carbocycles. The first-order valence-electron chi connectivity index (χ1n) is 7.72. The van der Waals surface area contributed by atoms with Crippen molar-refractivity contribution >= 4 is 18.3 Å². The van der Waals surface area contributed by atoms with Crippen LogP contribution < -0.4 is 15.4 Å². The van der Waals surface area contributed by atoms with Gasteiger partial charge in [0.15, 0.2) is 0 Å². The fourth-order valence-electron chi connectivity index (χ4n) is 2.33. The van der Waals surface area contributed by atoms with E-state index in [9.17, 15) is 4.79 Å². The van der Waals surface area contributed by atoms with Gasteiger partial charge >= 0.3 is 0 Å². The monoisotopic (exact) mass is 327 g/mol. The van der Waals surface area contributed by atoms with Gasteiger partial charge in [0.05, 0.1) is 13.0 Å². The molecule has 0 aliphatic carbocycles. The zero-order valence-electron chi connectivity index (χ0n) is 12.9. The van der Waals surface area contributed by atoms with E-state index >= 15 is 0 Å². The van der Waals surface area contributed by atoms with Crippen LogP contribution in [0.1, 0.15) is 12.8 Å². The molecule has 0 radical (unpaired) electrons. The Kier molecular flexibility index (Phi) is 9.62. The molecule has 1 aliphatic rings. The van der Waals surface area contributed by atoms with Gasteiger partial charge in [0.2, 0.25) is 5.91 Å². The Morgan fingerprint density at radius 2 is 1.95 bits per heavy atom. The molecule has 1 amide bonds. The molecular weight excluding hydrogens is 302 g/mol. The Balaban J connectivity index is 0.00000242. The first-order valence-corrected chi connectivity index (χ1v) is 7.72. The summed E-state index contributed by atoms with van der Waals surface area (Å²) in [5.74, 6) is 0.871. The molecule has 0 spiro atoms. The van der Waals surface area contributed by atoms with Gasteiger partial charge in [-0.15, -0.1) is 12.4 Å². The number of amides is 1. The van der Waals surface area contributed by atoms with Gasteiger partial charge in [0, 0.05) is 32.7 Å². The van der Waals surface area contributed by atoms with Gasteiger partial charge < -0.3 is 20.3 Å². The minimum Gasteiger partial charge on any atom is -0.493 e. The number of nitrogens with one attached hydrogen (secondary N) is 2. The van der Waals surface area contributed by atoms with Crippen LogP contribution in [0, 0.1) is 0 Å². The number of benzene rings is 1. The molecule has 124 valence electrons. The second kappa shape index (κ2) is 11.3. The van der Waals surface area contributed by atoms with E-state index in [1.165, 1.54) is 0 Å². The average Bonchev–Trinajstić information content (AvgIpc) is 2.54. The zero-order valence-corrected chi connectivity index (χ0v) is 13.7. The van der Waals surface area contributed by atoms with E-state index in [1.54, 1.807) is 0 Å². The Morgan fingerprint density at radius 1 is 1.23 bits per heavy atom. The molecular formula is C16H26ClN3O2. The number of rotatable bonds is 8. The number of para-hydroxylation sites is 1. The molecule has 1 aliphatic heterocycles. The number of hydrogen-bond acceptors (Lipinski definition) is 4. The first kappa shape index (κ1) is 18.7. The van der Waals surface area contributed by atoms with Crippen molar-refractivity contribution in [1.29, 1.82) is 0 Å². The van der Waals surface area contributed by atoms with Crippen LogP contribution >= 0.6 is 12.4 Å². The highest BCUT2D eigenvalue weighted by molar-refractivity contribution is 5.85. The highest BCUT2D eigenvalue weighted by Gasteiger charge is 2.08. The van der Waals surface area contributed by atoms with Crippen LogP contribution in [0.3, 0.4) is 0 Å². The van der Waals surface area contributed by atoms with Crippen molar-refractivity contribution in [2.75, 3.05) is 45.9 Å². The lowest BCUT2D eigenvalue weighted by Crippen LogP contribution is -2.44. The SMILES string of the molecule is Cl.O=C(CCOc1ccccc1)NCCCN1CCNCC1. The standard InChI is InChI=1S/C16H25N3O2.ClH/c20-16(7-14-21-15-5-2-1-3-6-15)18-8-4-11-19-12-9-17-10-13-19;/h1-3,5-6,17H,4,7-14H2,(H,18,20);1H. The molecule has 22 heavy (non-hydrogen) atoms. The summed E-state index contributed by atoms with van der Waals surface area (Å²) in [6, 6.07) is 9.58. The summed E-state index contributed by atoms with van der Waals surface area (Å²) >= 11 is 0. The van der Waals surface area contributed by atoms with Gasteiger partial charge in [0.25, 0.3) is 0 Å². The van der Waals surface area contributed by atoms with Crippen molar-refractivity contribution < 1.29 is 9.53 Å².